The summed E-state index contributed by atoms with van der Waals surface area (Å²) in [5.41, 5.74) is 5.45. The molecule has 15 heavy (non-hydrogen) atoms. The summed E-state index contributed by atoms with van der Waals surface area (Å²) in [6.45, 7) is 3.48. The standard InChI is InChI=1S/C12H24N2O/c1-10(6-8-13)12(15)14(2)9-7-11-4-3-5-11/h10-11H,3-9,13H2,1-2H3. The molecule has 1 rings (SSSR count). The van der Waals surface area contributed by atoms with Crippen LogP contribution in [-0.4, -0.2) is 30.9 Å². The van der Waals surface area contributed by atoms with E-state index in [1.54, 1.807) is 0 Å². The summed E-state index contributed by atoms with van der Waals surface area (Å²) in [5, 5.41) is 0. The van der Waals surface area contributed by atoms with Gasteiger partial charge < -0.3 is 10.6 Å². The number of nitrogens with two attached hydrogens (primary N) is 1. The van der Waals surface area contributed by atoms with Crippen molar-refractivity contribution in [1.29, 1.82) is 0 Å². The maximum absolute atomic E-state index is 11.8. The van der Waals surface area contributed by atoms with Gasteiger partial charge in [-0.1, -0.05) is 26.2 Å². The van der Waals surface area contributed by atoms with Crippen LogP contribution in [0.4, 0.5) is 0 Å². The molecular weight excluding hydrogens is 188 g/mol. The number of rotatable bonds is 6. The summed E-state index contributed by atoms with van der Waals surface area (Å²) in [6.07, 6.45) is 6.08. The van der Waals surface area contributed by atoms with Crippen molar-refractivity contribution in [3.05, 3.63) is 0 Å². The zero-order valence-electron chi connectivity index (χ0n) is 10.0. The molecule has 88 valence electrons. The minimum atomic E-state index is 0.0846. The van der Waals surface area contributed by atoms with Crippen molar-refractivity contribution in [2.75, 3.05) is 20.1 Å². The van der Waals surface area contributed by atoms with E-state index in [4.69, 9.17) is 5.73 Å². The molecule has 0 spiro atoms. The summed E-state index contributed by atoms with van der Waals surface area (Å²) >= 11 is 0. The Bertz CT molecular complexity index is 202. The first-order valence-electron chi connectivity index (χ1n) is 6.10. The van der Waals surface area contributed by atoms with Gasteiger partial charge in [0.15, 0.2) is 0 Å². The van der Waals surface area contributed by atoms with E-state index in [1.165, 1.54) is 25.7 Å². The molecule has 0 aromatic rings. The lowest BCUT2D eigenvalue weighted by atomic mass is 9.83. The Labute approximate surface area is 93.0 Å². The Hall–Kier alpha value is -0.570. The van der Waals surface area contributed by atoms with E-state index in [9.17, 15) is 4.79 Å². The molecule has 0 saturated heterocycles. The molecule has 1 fully saturated rings. The van der Waals surface area contributed by atoms with Gasteiger partial charge in [0.25, 0.3) is 0 Å². The number of amides is 1. The summed E-state index contributed by atoms with van der Waals surface area (Å²) in [5.74, 6) is 1.21. The van der Waals surface area contributed by atoms with E-state index in [2.05, 4.69) is 0 Å². The predicted octanol–water partition coefficient (Wildman–Crippen LogP) is 1.62. The molecule has 1 unspecified atom stereocenters. The van der Waals surface area contributed by atoms with Crippen LogP contribution in [-0.2, 0) is 4.79 Å². The highest BCUT2D eigenvalue weighted by molar-refractivity contribution is 5.78. The van der Waals surface area contributed by atoms with E-state index in [1.807, 2.05) is 18.9 Å². The van der Waals surface area contributed by atoms with Gasteiger partial charge in [-0.05, 0) is 25.3 Å². The van der Waals surface area contributed by atoms with E-state index in [0.29, 0.717) is 6.54 Å². The average molecular weight is 212 g/mol. The van der Waals surface area contributed by atoms with Crippen LogP contribution < -0.4 is 5.73 Å². The number of hydrogen-bond donors (Lipinski definition) is 1. The average Bonchev–Trinajstić information content (AvgIpc) is 2.14. The van der Waals surface area contributed by atoms with Gasteiger partial charge in [-0.25, -0.2) is 0 Å². The monoisotopic (exact) mass is 212 g/mol. The summed E-state index contributed by atoms with van der Waals surface area (Å²) in [7, 11) is 1.91. The predicted molar refractivity (Wildman–Crippen MR) is 62.4 cm³/mol. The third-order valence-corrected chi connectivity index (χ3v) is 3.49. The molecule has 2 N–H and O–H groups in total. The molecule has 0 bridgehead atoms. The van der Waals surface area contributed by atoms with E-state index in [-0.39, 0.29) is 11.8 Å². The number of nitrogens with zero attached hydrogens (tertiary/aromatic N) is 1. The summed E-state index contributed by atoms with van der Waals surface area (Å²) in [6, 6.07) is 0. The van der Waals surface area contributed by atoms with Crippen LogP contribution in [0.5, 0.6) is 0 Å². The van der Waals surface area contributed by atoms with Gasteiger partial charge in [0, 0.05) is 19.5 Å². The topological polar surface area (TPSA) is 46.3 Å². The number of carbonyl (C=O) groups is 1. The van der Waals surface area contributed by atoms with E-state index in [0.717, 1.165) is 18.9 Å². The minimum Gasteiger partial charge on any atom is -0.346 e. The highest BCUT2D eigenvalue weighted by Crippen LogP contribution is 2.29. The molecule has 1 aliphatic rings. The van der Waals surface area contributed by atoms with E-state index >= 15 is 0 Å². The number of carbonyl (C=O) groups excluding carboxylic acids is 1. The van der Waals surface area contributed by atoms with Gasteiger partial charge in [-0.2, -0.15) is 0 Å². The first-order valence-corrected chi connectivity index (χ1v) is 6.10. The molecule has 1 atom stereocenters. The number of hydrogen-bond acceptors (Lipinski definition) is 2. The first kappa shape index (κ1) is 12.5. The van der Waals surface area contributed by atoms with Crippen molar-refractivity contribution in [1.82, 2.24) is 4.90 Å². The van der Waals surface area contributed by atoms with Crippen molar-refractivity contribution in [3.8, 4) is 0 Å². The molecule has 0 aliphatic heterocycles. The molecule has 0 aromatic heterocycles. The smallest absolute Gasteiger partial charge is 0.225 e. The van der Waals surface area contributed by atoms with Gasteiger partial charge in [0.2, 0.25) is 5.91 Å². The highest BCUT2D eigenvalue weighted by atomic mass is 16.2. The van der Waals surface area contributed by atoms with Crippen molar-refractivity contribution in [3.63, 3.8) is 0 Å². The quantitative estimate of drug-likeness (QED) is 0.727. The Morgan fingerprint density at radius 1 is 1.53 bits per heavy atom. The SMILES string of the molecule is CC(CCN)C(=O)N(C)CCC1CCC1. The Balaban J connectivity index is 2.19. The second-order valence-electron chi connectivity index (χ2n) is 4.82. The molecule has 1 amide bonds. The fourth-order valence-corrected chi connectivity index (χ4v) is 2.02. The third-order valence-electron chi connectivity index (χ3n) is 3.49. The normalized spacial score (nSPS) is 18.3. The Morgan fingerprint density at radius 2 is 2.20 bits per heavy atom. The van der Waals surface area contributed by atoms with Gasteiger partial charge in [0.05, 0.1) is 0 Å². The van der Waals surface area contributed by atoms with Crippen LogP contribution in [0.3, 0.4) is 0 Å². The molecule has 1 aliphatic carbocycles. The zero-order valence-corrected chi connectivity index (χ0v) is 10.0. The largest absolute Gasteiger partial charge is 0.346 e. The highest BCUT2D eigenvalue weighted by Gasteiger charge is 2.20. The van der Waals surface area contributed by atoms with Gasteiger partial charge in [-0.3, -0.25) is 4.79 Å². The van der Waals surface area contributed by atoms with Gasteiger partial charge >= 0.3 is 0 Å². The Kier molecular flexibility index (Phi) is 5.09. The van der Waals surface area contributed by atoms with Crippen LogP contribution in [0.25, 0.3) is 0 Å². The van der Waals surface area contributed by atoms with E-state index < -0.39 is 0 Å². The minimum absolute atomic E-state index is 0.0846. The molecule has 0 heterocycles. The fraction of sp³-hybridized carbons (Fsp3) is 0.917. The van der Waals surface area contributed by atoms with Gasteiger partial charge in [0.1, 0.15) is 0 Å². The molecule has 3 heteroatoms. The Morgan fingerprint density at radius 3 is 2.67 bits per heavy atom. The first-order chi connectivity index (χ1) is 7.15. The van der Waals surface area contributed by atoms with Crippen LogP contribution in [0, 0.1) is 11.8 Å². The molecule has 1 saturated carbocycles. The third kappa shape index (κ3) is 3.82. The zero-order chi connectivity index (χ0) is 11.3. The van der Waals surface area contributed by atoms with Crippen LogP contribution >= 0.6 is 0 Å². The summed E-state index contributed by atoms with van der Waals surface area (Å²) < 4.78 is 0. The second kappa shape index (κ2) is 6.11. The maximum atomic E-state index is 11.8. The van der Waals surface area contributed by atoms with Crippen LogP contribution in [0.15, 0.2) is 0 Å². The van der Waals surface area contributed by atoms with Crippen LogP contribution in [0.2, 0.25) is 0 Å². The van der Waals surface area contributed by atoms with Gasteiger partial charge in [-0.15, -0.1) is 0 Å². The van der Waals surface area contributed by atoms with Crippen molar-refractivity contribution >= 4 is 5.91 Å². The van der Waals surface area contributed by atoms with Crippen molar-refractivity contribution in [2.24, 2.45) is 17.6 Å². The van der Waals surface area contributed by atoms with Crippen LogP contribution in [0.1, 0.15) is 39.0 Å². The summed E-state index contributed by atoms with van der Waals surface area (Å²) in [4.78, 5) is 13.7. The second-order valence-corrected chi connectivity index (χ2v) is 4.82. The van der Waals surface area contributed by atoms with Crippen molar-refractivity contribution < 1.29 is 4.79 Å². The molecule has 0 aromatic carbocycles. The van der Waals surface area contributed by atoms with Crippen molar-refractivity contribution in [2.45, 2.75) is 39.0 Å². The molecular formula is C12H24N2O. The fourth-order valence-electron chi connectivity index (χ4n) is 2.02. The lowest BCUT2D eigenvalue weighted by Gasteiger charge is -2.28. The molecule has 3 nitrogen and oxygen atoms in total. The maximum Gasteiger partial charge on any atom is 0.225 e. The lowest BCUT2D eigenvalue weighted by Crippen LogP contribution is -2.34. The lowest BCUT2D eigenvalue weighted by molar-refractivity contribution is -0.134. The molecule has 0 radical (unpaired) electrons.